The number of aryl methyl sites for hydroxylation is 2. The second-order valence-electron chi connectivity index (χ2n) is 5.72. The molecule has 0 bridgehead atoms. The highest BCUT2D eigenvalue weighted by Gasteiger charge is 2.21. The van der Waals surface area contributed by atoms with Gasteiger partial charge in [0.2, 0.25) is 0 Å². The van der Waals surface area contributed by atoms with E-state index >= 15 is 0 Å². The van der Waals surface area contributed by atoms with Gasteiger partial charge in [-0.25, -0.2) is 0 Å². The maximum absolute atomic E-state index is 12.5. The Morgan fingerprint density at radius 1 is 1.22 bits per heavy atom. The predicted octanol–water partition coefficient (Wildman–Crippen LogP) is 4.19. The summed E-state index contributed by atoms with van der Waals surface area (Å²) in [5, 5.41) is 9.34. The van der Waals surface area contributed by atoms with Crippen molar-refractivity contribution in [1.82, 2.24) is 10.5 Å². The van der Waals surface area contributed by atoms with E-state index in [4.69, 9.17) is 4.52 Å². The molecule has 23 heavy (non-hydrogen) atoms. The van der Waals surface area contributed by atoms with Crippen LogP contribution in [0.3, 0.4) is 0 Å². The third-order valence-electron chi connectivity index (χ3n) is 4.12. The molecule has 0 saturated carbocycles. The van der Waals surface area contributed by atoms with Crippen molar-refractivity contribution < 1.29 is 9.32 Å². The highest BCUT2D eigenvalue weighted by molar-refractivity contribution is 5.96. The van der Waals surface area contributed by atoms with Gasteiger partial charge in [-0.3, -0.25) is 4.79 Å². The lowest BCUT2D eigenvalue weighted by molar-refractivity contribution is 0.0937. The number of hydrogen-bond acceptors (Lipinski definition) is 3. The van der Waals surface area contributed by atoms with E-state index in [0.29, 0.717) is 23.4 Å². The maximum atomic E-state index is 12.5. The summed E-state index contributed by atoms with van der Waals surface area (Å²) in [5.74, 6) is 0.423. The molecule has 0 saturated heterocycles. The van der Waals surface area contributed by atoms with E-state index in [-0.39, 0.29) is 11.9 Å². The molecule has 1 unspecified atom stereocenters. The van der Waals surface area contributed by atoms with Gasteiger partial charge in [0.1, 0.15) is 11.3 Å². The molecule has 118 valence electrons. The van der Waals surface area contributed by atoms with Crippen molar-refractivity contribution in [3.63, 3.8) is 0 Å². The second-order valence-corrected chi connectivity index (χ2v) is 5.72. The molecule has 1 atom stereocenters. The van der Waals surface area contributed by atoms with Crippen molar-refractivity contribution >= 4 is 16.7 Å². The fourth-order valence-electron chi connectivity index (χ4n) is 2.78. The molecule has 0 aliphatic rings. The summed E-state index contributed by atoms with van der Waals surface area (Å²) < 4.78 is 5.14. The minimum atomic E-state index is -0.138. The molecule has 0 aliphatic carbocycles. The summed E-state index contributed by atoms with van der Waals surface area (Å²) >= 11 is 0. The first-order valence-corrected chi connectivity index (χ1v) is 7.85. The molecule has 4 nitrogen and oxygen atoms in total. The Bertz CT molecular complexity index is 851. The molecule has 1 aromatic heterocycles. The number of nitrogens with one attached hydrogen (secondary N) is 1. The molecule has 1 N–H and O–H groups in total. The molecule has 0 fully saturated rings. The highest BCUT2D eigenvalue weighted by atomic mass is 16.5. The molecule has 2 aromatic carbocycles. The van der Waals surface area contributed by atoms with Crippen LogP contribution in [-0.2, 0) is 6.42 Å². The number of hydrogen-bond donors (Lipinski definition) is 1. The molecular formula is C19H20N2O2. The third kappa shape index (κ3) is 2.97. The van der Waals surface area contributed by atoms with E-state index in [1.807, 2.05) is 26.0 Å². The van der Waals surface area contributed by atoms with Crippen LogP contribution in [0.5, 0.6) is 0 Å². The lowest BCUT2D eigenvalue weighted by Crippen LogP contribution is -2.27. The molecule has 0 radical (unpaired) electrons. The number of aromatic nitrogens is 1. The van der Waals surface area contributed by atoms with Crippen LogP contribution in [0.25, 0.3) is 10.8 Å². The minimum absolute atomic E-state index is 0.0916. The Balaban J connectivity index is 1.83. The van der Waals surface area contributed by atoms with Gasteiger partial charge in [0.15, 0.2) is 0 Å². The van der Waals surface area contributed by atoms with Gasteiger partial charge >= 0.3 is 0 Å². The maximum Gasteiger partial charge on any atom is 0.257 e. The second kappa shape index (κ2) is 6.24. The first-order valence-electron chi connectivity index (χ1n) is 7.85. The van der Waals surface area contributed by atoms with Gasteiger partial charge in [0.05, 0.1) is 11.7 Å². The van der Waals surface area contributed by atoms with Crippen molar-refractivity contribution in [2.45, 2.75) is 33.2 Å². The average Bonchev–Trinajstić information content (AvgIpc) is 2.95. The molecule has 4 heteroatoms. The number of fused-ring (bicyclic) bond motifs is 1. The van der Waals surface area contributed by atoms with E-state index in [1.54, 1.807) is 6.92 Å². The molecule has 3 aromatic rings. The van der Waals surface area contributed by atoms with Crippen molar-refractivity contribution in [2.24, 2.45) is 0 Å². The Kier molecular flexibility index (Phi) is 4.15. The zero-order valence-corrected chi connectivity index (χ0v) is 13.6. The summed E-state index contributed by atoms with van der Waals surface area (Å²) in [6.45, 7) is 5.71. The van der Waals surface area contributed by atoms with Gasteiger partial charge in [-0.15, -0.1) is 0 Å². The lowest BCUT2D eigenvalue weighted by atomic mass is 10.0. The van der Waals surface area contributed by atoms with E-state index < -0.39 is 0 Å². The fourth-order valence-corrected chi connectivity index (χ4v) is 2.78. The molecule has 0 aliphatic heterocycles. The Labute approximate surface area is 135 Å². The molecule has 1 amide bonds. The third-order valence-corrected chi connectivity index (χ3v) is 4.12. The average molecular weight is 308 g/mol. The first-order chi connectivity index (χ1) is 11.1. The standard InChI is InChI=1S/C19H20N2O2/c1-4-17-18(13(3)23-21-17)19(22)20-12(2)15-10-9-14-7-5-6-8-16(14)11-15/h5-12H,4H2,1-3H3,(H,20,22). The topological polar surface area (TPSA) is 55.1 Å². The van der Waals surface area contributed by atoms with Gasteiger partial charge in [-0.05, 0) is 42.7 Å². The fraction of sp³-hybridized carbons (Fsp3) is 0.263. The number of rotatable bonds is 4. The summed E-state index contributed by atoms with van der Waals surface area (Å²) in [5.41, 5.74) is 2.33. The summed E-state index contributed by atoms with van der Waals surface area (Å²) in [6.07, 6.45) is 0.671. The van der Waals surface area contributed by atoms with Crippen molar-refractivity contribution in [3.8, 4) is 0 Å². The molecule has 1 heterocycles. The Morgan fingerprint density at radius 2 is 1.96 bits per heavy atom. The van der Waals surface area contributed by atoms with E-state index in [0.717, 1.165) is 5.56 Å². The first kappa shape index (κ1) is 15.3. The van der Waals surface area contributed by atoms with Gasteiger partial charge in [0.25, 0.3) is 5.91 Å². The van der Waals surface area contributed by atoms with Crippen molar-refractivity contribution in [3.05, 3.63) is 65.0 Å². The summed E-state index contributed by atoms with van der Waals surface area (Å²) in [7, 11) is 0. The molecule has 0 spiro atoms. The van der Waals surface area contributed by atoms with Gasteiger partial charge in [-0.1, -0.05) is 48.5 Å². The van der Waals surface area contributed by atoms with Gasteiger partial charge in [-0.2, -0.15) is 0 Å². The molecule has 3 rings (SSSR count). The number of nitrogens with zero attached hydrogens (tertiary/aromatic N) is 1. The number of carbonyl (C=O) groups excluding carboxylic acids is 1. The van der Waals surface area contributed by atoms with Crippen LogP contribution in [0.2, 0.25) is 0 Å². The van der Waals surface area contributed by atoms with Crippen LogP contribution in [-0.4, -0.2) is 11.1 Å². The number of benzene rings is 2. The normalized spacial score (nSPS) is 12.3. The summed E-state index contributed by atoms with van der Waals surface area (Å²) in [4.78, 5) is 12.5. The van der Waals surface area contributed by atoms with Crippen molar-refractivity contribution in [2.75, 3.05) is 0 Å². The van der Waals surface area contributed by atoms with Crippen LogP contribution in [0.15, 0.2) is 47.0 Å². The zero-order valence-electron chi connectivity index (χ0n) is 13.6. The minimum Gasteiger partial charge on any atom is -0.361 e. The van der Waals surface area contributed by atoms with E-state index in [2.05, 4.69) is 40.8 Å². The number of carbonyl (C=O) groups is 1. The van der Waals surface area contributed by atoms with Gasteiger partial charge < -0.3 is 9.84 Å². The number of amides is 1. The van der Waals surface area contributed by atoms with Gasteiger partial charge in [0, 0.05) is 0 Å². The van der Waals surface area contributed by atoms with Crippen LogP contribution in [0.4, 0.5) is 0 Å². The van der Waals surface area contributed by atoms with Crippen LogP contribution >= 0.6 is 0 Å². The Hall–Kier alpha value is -2.62. The largest absolute Gasteiger partial charge is 0.361 e. The summed E-state index contributed by atoms with van der Waals surface area (Å²) in [6, 6.07) is 14.3. The SMILES string of the molecule is CCc1noc(C)c1C(=O)NC(C)c1ccc2ccccc2c1. The smallest absolute Gasteiger partial charge is 0.257 e. The predicted molar refractivity (Wildman–Crippen MR) is 90.4 cm³/mol. The quantitative estimate of drug-likeness (QED) is 0.786. The van der Waals surface area contributed by atoms with E-state index in [1.165, 1.54) is 10.8 Å². The van der Waals surface area contributed by atoms with Crippen LogP contribution < -0.4 is 5.32 Å². The molecular weight excluding hydrogens is 288 g/mol. The van der Waals surface area contributed by atoms with Crippen LogP contribution in [0, 0.1) is 6.92 Å². The highest BCUT2D eigenvalue weighted by Crippen LogP contribution is 2.21. The van der Waals surface area contributed by atoms with E-state index in [9.17, 15) is 4.79 Å². The Morgan fingerprint density at radius 3 is 2.70 bits per heavy atom. The van der Waals surface area contributed by atoms with Crippen molar-refractivity contribution in [1.29, 1.82) is 0 Å². The lowest BCUT2D eigenvalue weighted by Gasteiger charge is -2.15. The van der Waals surface area contributed by atoms with Crippen LogP contribution in [0.1, 0.15) is 47.3 Å². The monoisotopic (exact) mass is 308 g/mol. The zero-order chi connectivity index (χ0) is 16.4.